The lowest BCUT2D eigenvalue weighted by molar-refractivity contribution is 0.0592. The molecule has 4 aromatic heterocycles. The Bertz CT molecular complexity index is 1380. The molecule has 5 rings (SSSR count). The maximum Gasteiger partial charge on any atom is 0.271 e. The van der Waals surface area contributed by atoms with Crippen LogP contribution in [-0.2, 0) is 13.1 Å². The molecule has 0 fully saturated rings. The predicted molar refractivity (Wildman–Crippen MR) is 129 cm³/mol. The van der Waals surface area contributed by atoms with Gasteiger partial charge in [-0.2, -0.15) is 0 Å². The molecule has 9 nitrogen and oxygen atoms in total. The third kappa shape index (κ3) is 4.24. The zero-order valence-electron chi connectivity index (χ0n) is 19.6. The van der Waals surface area contributed by atoms with Crippen molar-refractivity contribution in [2.45, 2.75) is 46.8 Å². The first-order chi connectivity index (χ1) is 16.4. The van der Waals surface area contributed by atoms with Crippen molar-refractivity contribution in [2.75, 3.05) is 5.32 Å². The summed E-state index contributed by atoms with van der Waals surface area (Å²) in [6.07, 6.45) is 5.46. The van der Waals surface area contributed by atoms with E-state index in [1.807, 2.05) is 60.7 Å². The topological polar surface area (TPSA) is 102 Å². The number of aromatic nitrogens is 6. The number of hydrogen-bond donors (Lipinski definition) is 1. The van der Waals surface area contributed by atoms with Crippen LogP contribution in [0, 0.1) is 20.8 Å². The zero-order chi connectivity index (χ0) is 23.8. The minimum atomic E-state index is -0.00479. The molecule has 34 heavy (non-hydrogen) atoms. The minimum Gasteiger partial charge on any atom is -0.341 e. The van der Waals surface area contributed by atoms with E-state index in [9.17, 15) is 4.79 Å². The summed E-state index contributed by atoms with van der Waals surface area (Å²) >= 11 is 0. The number of carbonyl (C=O) groups excluding carboxylic acids is 1. The van der Waals surface area contributed by atoms with Crippen molar-refractivity contribution in [3.05, 3.63) is 77.4 Å². The van der Waals surface area contributed by atoms with Crippen molar-refractivity contribution in [1.29, 1.82) is 0 Å². The first kappa shape index (κ1) is 21.7. The Labute approximate surface area is 198 Å². The smallest absolute Gasteiger partial charge is 0.271 e. The number of nitrogens with one attached hydrogen (secondary N) is 1. The average molecular weight is 455 g/mol. The molecule has 0 bridgehead atoms. The molecule has 1 atom stereocenters. The van der Waals surface area contributed by atoms with E-state index >= 15 is 0 Å². The van der Waals surface area contributed by atoms with Crippen LogP contribution >= 0.6 is 0 Å². The van der Waals surface area contributed by atoms with Gasteiger partial charge in [-0.1, -0.05) is 6.07 Å². The molecule has 5 heterocycles. The van der Waals surface area contributed by atoms with Crippen molar-refractivity contribution in [2.24, 2.45) is 0 Å². The Morgan fingerprint density at radius 3 is 2.74 bits per heavy atom. The molecule has 0 radical (unpaired) electrons. The number of carbonyl (C=O) groups is 1. The molecule has 9 heteroatoms. The predicted octanol–water partition coefficient (Wildman–Crippen LogP) is 3.84. The first-order valence-electron chi connectivity index (χ1n) is 11.2. The van der Waals surface area contributed by atoms with Crippen LogP contribution in [0.3, 0.4) is 0 Å². The molecule has 1 amide bonds. The summed E-state index contributed by atoms with van der Waals surface area (Å²) in [6.45, 7) is 9.02. The van der Waals surface area contributed by atoms with Crippen molar-refractivity contribution in [3.8, 4) is 11.3 Å². The van der Waals surface area contributed by atoms with Crippen LogP contribution in [0.4, 0.5) is 11.8 Å². The Balaban J connectivity index is 1.43. The third-order valence-corrected chi connectivity index (χ3v) is 5.91. The van der Waals surface area contributed by atoms with Gasteiger partial charge in [0, 0.05) is 42.4 Å². The minimum absolute atomic E-state index is 0.00479. The summed E-state index contributed by atoms with van der Waals surface area (Å²) in [5.41, 5.74) is 5.07. The third-order valence-electron chi connectivity index (χ3n) is 5.91. The van der Waals surface area contributed by atoms with E-state index in [4.69, 9.17) is 4.98 Å². The lowest BCUT2D eigenvalue weighted by atomic mass is 10.1. The molecule has 0 saturated carbocycles. The fourth-order valence-corrected chi connectivity index (χ4v) is 4.23. The Kier molecular flexibility index (Phi) is 5.53. The van der Waals surface area contributed by atoms with E-state index in [0.29, 0.717) is 36.4 Å². The molecule has 1 N–H and O–H groups in total. The number of anilines is 2. The van der Waals surface area contributed by atoms with Crippen LogP contribution in [0.2, 0.25) is 0 Å². The van der Waals surface area contributed by atoms with Gasteiger partial charge in [0.1, 0.15) is 17.3 Å². The van der Waals surface area contributed by atoms with Gasteiger partial charge in [-0.3, -0.25) is 9.78 Å². The summed E-state index contributed by atoms with van der Waals surface area (Å²) < 4.78 is 2.02. The van der Waals surface area contributed by atoms with E-state index in [1.54, 1.807) is 18.5 Å². The second-order valence-corrected chi connectivity index (χ2v) is 8.66. The lowest BCUT2D eigenvalue weighted by Gasteiger charge is -2.34. The number of rotatable bonds is 5. The number of pyridine rings is 1. The molecule has 4 aromatic rings. The van der Waals surface area contributed by atoms with Crippen LogP contribution in [0.5, 0.6) is 0 Å². The highest BCUT2D eigenvalue weighted by Gasteiger charge is 2.31. The van der Waals surface area contributed by atoms with E-state index in [-0.39, 0.29) is 11.9 Å². The monoisotopic (exact) mass is 454 g/mol. The molecule has 1 aliphatic rings. The van der Waals surface area contributed by atoms with E-state index < -0.39 is 0 Å². The van der Waals surface area contributed by atoms with Gasteiger partial charge in [0.25, 0.3) is 5.91 Å². The van der Waals surface area contributed by atoms with Crippen LogP contribution in [0.25, 0.3) is 11.3 Å². The molecule has 0 unspecified atom stereocenters. The fraction of sp³-hybridized carbons (Fsp3) is 0.280. The zero-order valence-corrected chi connectivity index (χ0v) is 19.6. The van der Waals surface area contributed by atoms with Gasteiger partial charge in [-0.15, -0.1) is 0 Å². The molecular weight excluding hydrogens is 428 g/mol. The maximum absolute atomic E-state index is 13.4. The van der Waals surface area contributed by atoms with Gasteiger partial charge in [0.15, 0.2) is 0 Å². The molecule has 0 saturated heterocycles. The van der Waals surface area contributed by atoms with Gasteiger partial charge in [0.05, 0.1) is 17.9 Å². The highest BCUT2D eigenvalue weighted by Crippen LogP contribution is 2.29. The lowest BCUT2D eigenvalue weighted by Crippen LogP contribution is -2.45. The molecular formula is C25H26N8O. The molecule has 0 spiro atoms. The highest BCUT2D eigenvalue weighted by molar-refractivity contribution is 5.95. The number of nitrogens with zero attached hydrogens (tertiary/aromatic N) is 7. The SMILES string of the molecule is Cc1cccc(CN2C(=O)c3cc(-c4nc(Nc5ccnc(C)n5)ncc4C)cn3C[C@@H]2C)n1. The van der Waals surface area contributed by atoms with Crippen molar-refractivity contribution in [3.63, 3.8) is 0 Å². The van der Waals surface area contributed by atoms with Gasteiger partial charge in [-0.25, -0.2) is 19.9 Å². The van der Waals surface area contributed by atoms with Crippen molar-refractivity contribution < 1.29 is 4.79 Å². The van der Waals surface area contributed by atoms with E-state index in [1.165, 1.54) is 0 Å². The molecule has 0 aromatic carbocycles. The number of hydrogen-bond acceptors (Lipinski definition) is 7. The summed E-state index contributed by atoms with van der Waals surface area (Å²) in [7, 11) is 0. The van der Waals surface area contributed by atoms with Gasteiger partial charge >= 0.3 is 0 Å². The normalized spacial score (nSPS) is 15.4. The summed E-state index contributed by atoms with van der Waals surface area (Å²) in [5, 5.41) is 3.14. The van der Waals surface area contributed by atoms with Crippen LogP contribution in [0.1, 0.15) is 40.2 Å². The molecule has 1 aliphatic heterocycles. The van der Waals surface area contributed by atoms with Crippen molar-refractivity contribution in [1.82, 2.24) is 34.4 Å². The summed E-state index contributed by atoms with van der Waals surface area (Å²) in [4.78, 5) is 37.4. The van der Waals surface area contributed by atoms with Crippen LogP contribution < -0.4 is 5.32 Å². The second kappa shape index (κ2) is 8.66. The molecule has 0 aliphatic carbocycles. The first-order valence-corrected chi connectivity index (χ1v) is 11.2. The van der Waals surface area contributed by atoms with Crippen LogP contribution in [-0.4, -0.2) is 46.3 Å². The number of aryl methyl sites for hydroxylation is 3. The Morgan fingerprint density at radius 1 is 1.09 bits per heavy atom. The average Bonchev–Trinajstić information content (AvgIpc) is 3.22. The van der Waals surface area contributed by atoms with E-state index in [0.717, 1.165) is 28.2 Å². The highest BCUT2D eigenvalue weighted by atomic mass is 16.2. The van der Waals surface area contributed by atoms with Gasteiger partial charge in [-0.05, 0) is 57.5 Å². The largest absolute Gasteiger partial charge is 0.341 e. The molecule has 172 valence electrons. The number of amides is 1. The van der Waals surface area contributed by atoms with E-state index in [2.05, 4.69) is 32.2 Å². The Morgan fingerprint density at radius 2 is 1.94 bits per heavy atom. The standard InChI is InChI=1S/C25H26N8O/c1-15-11-27-25(30-22-8-9-26-18(4)29-22)31-23(15)19-10-21-24(34)33(17(3)12-32(21)13-19)14-20-7-5-6-16(2)28-20/h5-11,13,17H,12,14H2,1-4H3,(H,26,27,29,30,31)/t17-/m0/s1. The fourth-order valence-electron chi connectivity index (χ4n) is 4.23. The summed E-state index contributed by atoms with van der Waals surface area (Å²) in [5.74, 6) is 1.72. The van der Waals surface area contributed by atoms with Gasteiger partial charge in [0.2, 0.25) is 5.95 Å². The Hall–Kier alpha value is -4.14. The van der Waals surface area contributed by atoms with Gasteiger partial charge < -0.3 is 14.8 Å². The second-order valence-electron chi connectivity index (χ2n) is 8.66. The number of fused-ring (bicyclic) bond motifs is 1. The quantitative estimate of drug-likeness (QED) is 0.489. The van der Waals surface area contributed by atoms with Crippen LogP contribution in [0.15, 0.2) is 48.9 Å². The van der Waals surface area contributed by atoms with Crippen molar-refractivity contribution >= 4 is 17.7 Å². The maximum atomic E-state index is 13.4. The summed E-state index contributed by atoms with van der Waals surface area (Å²) in [6, 6.07) is 9.63.